The Balaban J connectivity index is 2.16. The van der Waals surface area contributed by atoms with Gasteiger partial charge in [-0.2, -0.15) is 11.8 Å². The molecular formula is C17H21NO2S. The van der Waals surface area contributed by atoms with Crippen molar-refractivity contribution in [3.8, 4) is 11.8 Å². The van der Waals surface area contributed by atoms with Gasteiger partial charge in [0.2, 0.25) is 0 Å². The Hall–Kier alpha value is -1.44. The van der Waals surface area contributed by atoms with Crippen LogP contribution in [0.15, 0.2) is 24.3 Å². The summed E-state index contributed by atoms with van der Waals surface area (Å²) >= 11 is 1.92. The van der Waals surface area contributed by atoms with Crippen molar-refractivity contribution in [1.29, 1.82) is 0 Å². The Labute approximate surface area is 130 Å². The first kappa shape index (κ1) is 15.9. The van der Waals surface area contributed by atoms with Crippen LogP contribution < -0.4 is 0 Å². The smallest absolute Gasteiger partial charge is 0.254 e. The van der Waals surface area contributed by atoms with Crippen LogP contribution in [0.4, 0.5) is 0 Å². The summed E-state index contributed by atoms with van der Waals surface area (Å²) < 4.78 is 0. The zero-order chi connectivity index (χ0) is 15.2. The van der Waals surface area contributed by atoms with Crippen LogP contribution >= 0.6 is 11.8 Å². The zero-order valence-corrected chi connectivity index (χ0v) is 13.3. The molecular weight excluding hydrogens is 282 g/mol. The molecule has 1 aliphatic heterocycles. The van der Waals surface area contributed by atoms with Crippen molar-refractivity contribution in [2.24, 2.45) is 0 Å². The average molecular weight is 303 g/mol. The van der Waals surface area contributed by atoms with Gasteiger partial charge in [-0.3, -0.25) is 4.79 Å². The lowest BCUT2D eigenvalue weighted by atomic mass is 10.1. The summed E-state index contributed by atoms with van der Waals surface area (Å²) in [5.74, 6) is 6.94. The second-order valence-electron chi connectivity index (χ2n) is 5.17. The van der Waals surface area contributed by atoms with Crippen molar-refractivity contribution in [3.05, 3.63) is 35.4 Å². The molecule has 1 aromatic rings. The molecule has 112 valence electrons. The van der Waals surface area contributed by atoms with Crippen LogP contribution in [0.3, 0.4) is 0 Å². The predicted molar refractivity (Wildman–Crippen MR) is 87.4 cm³/mol. The van der Waals surface area contributed by atoms with Crippen LogP contribution in [-0.4, -0.2) is 46.1 Å². The van der Waals surface area contributed by atoms with Crippen LogP contribution in [0.5, 0.6) is 0 Å². The molecule has 4 heteroatoms. The highest BCUT2D eigenvalue weighted by molar-refractivity contribution is 8.00. The maximum atomic E-state index is 12.7. The number of hydrogen-bond acceptors (Lipinski definition) is 3. The molecule has 0 saturated carbocycles. The minimum absolute atomic E-state index is 0.0620. The van der Waals surface area contributed by atoms with Gasteiger partial charge in [0.05, 0.1) is 6.61 Å². The zero-order valence-electron chi connectivity index (χ0n) is 12.5. The van der Waals surface area contributed by atoms with Crippen LogP contribution in [-0.2, 0) is 0 Å². The van der Waals surface area contributed by atoms with Gasteiger partial charge < -0.3 is 10.0 Å². The van der Waals surface area contributed by atoms with E-state index < -0.39 is 0 Å². The number of hydrogen-bond donors (Lipinski definition) is 1. The van der Waals surface area contributed by atoms with Gasteiger partial charge in [0.1, 0.15) is 0 Å². The van der Waals surface area contributed by atoms with Gasteiger partial charge in [-0.1, -0.05) is 24.8 Å². The molecule has 1 fully saturated rings. The third-order valence-electron chi connectivity index (χ3n) is 3.72. The lowest BCUT2D eigenvalue weighted by Crippen LogP contribution is -2.47. The molecule has 0 aromatic heterocycles. The Morgan fingerprint density at radius 1 is 1.48 bits per heavy atom. The number of amides is 1. The highest BCUT2D eigenvalue weighted by Gasteiger charge is 2.29. The van der Waals surface area contributed by atoms with Crippen molar-refractivity contribution in [1.82, 2.24) is 4.90 Å². The molecule has 1 N–H and O–H groups in total. The summed E-state index contributed by atoms with van der Waals surface area (Å²) in [6.45, 7) is 5.15. The number of nitrogens with zero attached hydrogens (tertiary/aromatic N) is 1. The molecule has 2 rings (SSSR count). The average Bonchev–Trinajstić information content (AvgIpc) is 2.50. The highest BCUT2D eigenvalue weighted by Crippen LogP contribution is 2.25. The fraction of sp³-hybridized carbons (Fsp3) is 0.471. The van der Waals surface area contributed by atoms with Crippen molar-refractivity contribution in [2.45, 2.75) is 31.6 Å². The number of thioether (sulfide) groups is 1. The van der Waals surface area contributed by atoms with E-state index in [0.29, 0.717) is 17.2 Å². The van der Waals surface area contributed by atoms with Crippen LogP contribution in [0.2, 0.25) is 0 Å². The third kappa shape index (κ3) is 4.03. The topological polar surface area (TPSA) is 40.5 Å². The summed E-state index contributed by atoms with van der Waals surface area (Å²) in [6, 6.07) is 7.69. The molecule has 0 bridgehead atoms. The van der Waals surface area contributed by atoms with E-state index in [1.54, 1.807) is 0 Å². The molecule has 1 aliphatic rings. The first-order chi connectivity index (χ1) is 10.1. The van der Waals surface area contributed by atoms with E-state index in [2.05, 4.69) is 25.7 Å². The number of rotatable bonds is 2. The lowest BCUT2D eigenvalue weighted by molar-refractivity contribution is 0.0698. The van der Waals surface area contributed by atoms with E-state index in [1.807, 2.05) is 40.9 Å². The number of carbonyl (C=O) groups excluding carboxylic acids is 1. The van der Waals surface area contributed by atoms with Crippen molar-refractivity contribution >= 4 is 17.7 Å². The molecule has 0 radical (unpaired) electrons. The first-order valence-corrected chi connectivity index (χ1v) is 8.30. The number of aliphatic hydroxyl groups is 1. The predicted octanol–water partition coefficient (Wildman–Crippen LogP) is 2.39. The summed E-state index contributed by atoms with van der Waals surface area (Å²) in [7, 11) is 0. The first-order valence-electron chi connectivity index (χ1n) is 7.26. The van der Waals surface area contributed by atoms with Crippen molar-refractivity contribution in [2.75, 3.05) is 18.9 Å². The molecule has 3 nitrogen and oxygen atoms in total. The molecule has 1 heterocycles. The molecule has 1 amide bonds. The summed E-state index contributed by atoms with van der Waals surface area (Å²) in [4.78, 5) is 14.6. The lowest BCUT2D eigenvalue weighted by Gasteiger charge is -2.37. The van der Waals surface area contributed by atoms with Gasteiger partial charge in [-0.25, -0.2) is 0 Å². The maximum Gasteiger partial charge on any atom is 0.254 e. The summed E-state index contributed by atoms with van der Waals surface area (Å²) in [5.41, 5.74) is 1.51. The molecule has 2 atom stereocenters. The van der Waals surface area contributed by atoms with E-state index >= 15 is 0 Å². The van der Waals surface area contributed by atoms with E-state index in [4.69, 9.17) is 5.11 Å². The minimum Gasteiger partial charge on any atom is -0.395 e. The SMILES string of the molecule is CC1SCCN(C(=O)c2cccc(C#CCCO)c2)C1C. The Morgan fingerprint density at radius 3 is 3.05 bits per heavy atom. The third-order valence-corrected chi connectivity index (χ3v) is 5.06. The molecule has 0 aliphatic carbocycles. The van der Waals surface area contributed by atoms with E-state index in [0.717, 1.165) is 17.9 Å². The summed E-state index contributed by atoms with van der Waals surface area (Å²) in [5, 5.41) is 9.21. The number of aliphatic hydroxyl groups excluding tert-OH is 1. The van der Waals surface area contributed by atoms with Crippen LogP contribution in [0.25, 0.3) is 0 Å². The van der Waals surface area contributed by atoms with Gasteiger partial charge >= 0.3 is 0 Å². The second kappa shape index (κ2) is 7.53. The van der Waals surface area contributed by atoms with E-state index in [1.165, 1.54) is 0 Å². The standard InChI is InChI=1S/C17H21NO2S/c1-13-14(2)21-11-9-18(13)17(20)16-8-5-7-15(12-16)6-3-4-10-19/h5,7-8,12-14,19H,4,9-11H2,1-2H3. The van der Waals surface area contributed by atoms with Gasteiger partial charge in [0, 0.05) is 41.1 Å². The fourth-order valence-corrected chi connectivity index (χ4v) is 3.44. The van der Waals surface area contributed by atoms with E-state index in [-0.39, 0.29) is 18.6 Å². The Morgan fingerprint density at radius 2 is 2.29 bits per heavy atom. The second-order valence-corrected chi connectivity index (χ2v) is 6.66. The normalized spacial score (nSPS) is 21.6. The van der Waals surface area contributed by atoms with Gasteiger partial charge in [-0.15, -0.1) is 0 Å². The largest absolute Gasteiger partial charge is 0.395 e. The minimum atomic E-state index is 0.0620. The number of carbonyl (C=O) groups is 1. The van der Waals surface area contributed by atoms with Crippen molar-refractivity contribution < 1.29 is 9.90 Å². The maximum absolute atomic E-state index is 12.7. The van der Waals surface area contributed by atoms with Crippen molar-refractivity contribution in [3.63, 3.8) is 0 Å². The summed E-state index contributed by atoms with van der Waals surface area (Å²) in [6.07, 6.45) is 0.454. The Bertz CT molecular complexity index is 561. The van der Waals surface area contributed by atoms with Crippen LogP contribution in [0.1, 0.15) is 36.2 Å². The number of benzene rings is 1. The molecule has 21 heavy (non-hydrogen) atoms. The van der Waals surface area contributed by atoms with E-state index in [9.17, 15) is 4.79 Å². The van der Waals surface area contributed by atoms with Crippen LogP contribution in [0, 0.1) is 11.8 Å². The molecule has 1 saturated heterocycles. The molecule has 2 unspecified atom stereocenters. The quantitative estimate of drug-likeness (QED) is 0.853. The Kier molecular flexibility index (Phi) is 5.72. The fourth-order valence-electron chi connectivity index (χ4n) is 2.34. The van der Waals surface area contributed by atoms with Gasteiger partial charge in [0.25, 0.3) is 5.91 Å². The van der Waals surface area contributed by atoms with Gasteiger partial charge in [-0.05, 0) is 25.1 Å². The highest BCUT2D eigenvalue weighted by atomic mass is 32.2. The van der Waals surface area contributed by atoms with Gasteiger partial charge in [0.15, 0.2) is 0 Å². The molecule has 0 spiro atoms. The molecule has 1 aromatic carbocycles. The monoisotopic (exact) mass is 303 g/mol.